The van der Waals surface area contributed by atoms with Crippen molar-refractivity contribution in [2.75, 3.05) is 11.9 Å². The number of carbonyl (C=O) groups is 1. The summed E-state index contributed by atoms with van der Waals surface area (Å²) in [6.07, 6.45) is 0.568. The van der Waals surface area contributed by atoms with Crippen LogP contribution >= 0.6 is 0 Å². The average molecular weight is 265 g/mol. The lowest BCUT2D eigenvalue weighted by Crippen LogP contribution is -2.37. The lowest BCUT2D eigenvalue weighted by Gasteiger charge is -2.21. The Balaban J connectivity index is 3.01. The summed E-state index contributed by atoms with van der Waals surface area (Å²) in [7, 11) is 0. The number of rotatable bonds is 5. The Morgan fingerprint density at radius 2 is 2.11 bits per heavy atom. The van der Waals surface area contributed by atoms with Crippen molar-refractivity contribution >= 4 is 17.3 Å². The maximum Gasteiger partial charge on any atom is 0.274 e. The largest absolute Gasteiger partial charge is 0.329 e. The Morgan fingerprint density at radius 1 is 1.47 bits per heavy atom. The SMILES string of the molecule is CCc1ccc(NC(=O)C(C)(C)CN)cc1[N+](=O)[O-]. The van der Waals surface area contributed by atoms with E-state index in [2.05, 4.69) is 5.32 Å². The number of amides is 1. The van der Waals surface area contributed by atoms with E-state index in [9.17, 15) is 14.9 Å². The molecule has 104 valence electrons. The highest BCUT2D eigenvalue weighted by molar-refractivity contribution is 5.95. The number of nitro benzene ring substituents is 1. The lowest BCUT2D eigenvalue weighted by atomic mass is 9.92. The smallest absolute Gasteiger partial charge is 0.274 e. The van der Waals surface area contributed by atoms with Crippen molar-refractivity contribution in [3.05, 3.63) is 33.9 Å². The van der Waals surface area contributed by atoms with Crippen LogP contribution in [0.2, 0.25) is 0 Å². The van der Waals surface area contributed by atoms with Gasteiger partial charge in [0.25, 0.3) is 5.69 Å². The van der Waals surface area contributed by atoms with Crippen LogP contribution < -0.4 is 11.1 Å². The van der Waals surface area contributed by atoms with Gasteiger partial charge in [-0.1, -0.05) is 13.0 Å². The van der Waals surface area contributed by atoms with Crippen molar-refractivity contribution in [2.24, 2.45) is 11.1 Å². The fourth-order valence-corrected chi connectivity index (χ4v) is 1.50. The Kier molecular flexibility index (Phi) is 4.61. The first-order valence-corrected chi connectivity index (χ1v) is 6.10. The minimum absolute atomic E-state index is 0.0193. The normalized spacial score (nSPS) is 11.2. The molecule has 1 aromatic rings. The summed E-state index contributed by atoms with van der Waals surface area (Å²) in [5, 5.41) is 13.6. The van der Waals surface area contributed by atoms with Crippen LogP contribution in [-0.4, -0.2) is 17.4 Å². The zero-order valence-electron chi connectivity index (χ0n) is 11.4. The van der Waals surface area contributed by atoms with E-state index >= 15 is 0 Å². The summed E-state index contributed by atoms with van der Waals surface area (Å²) in [4.78, 5) is 22.4. The topological polar surface area (TPSA) is 98.3 Å². The molecule has 0 radical (unpaired) electrons. The molecule has 0 spiro atoms. The van der Waals surface area contributed by atoms with Crippen LogP contribution in [0.25, 0.3) is 0 Å². The van der Waals surface area contributed by atoms with E-state index in [0.717, 1.165) is 0 Å². The first kappa shape index (κ1) is 15.1. The number of nitrogens with two attached hydrogens (primary N) is 1. The molecule has 6 nitrogen and oxygen atoms in total. The van der Waals surface area contributed by atoms with Gasteiger partial charge in [-0.3, -0.25) is 14.9 Å². The zero-order chi connectivity index (χ0) is 14.6. The number of aryl methyl sites for hydroxylation is 1. The van der Waals surface area contributed by atoms with E-state index in [-0.39, 0.29) is 18.1 Å². The van der Waals surface area contributed by atoms with Gasteiger partial charge in [0.1, 0.15) is 0 Å². The predicted molar refractivity (Wildman–Crippen MR) is 73.9 cm³/mol. The molecule has 0 saturated heterocycles. The van der Waals surface area contributed by atoms with E-state index in [1.807, 2.05) is 6.92 Å². The Hall–Kier alpha value is -1.95. The molecule has 19 heavy (non-hydrogen) atoms. The van der Waals surface area contributed by atoms with Gasteiger partial charge in [0.2, 0.25) is 5.91 Å². The summed E-state index contributed by atoms with van der Waals surface area (Å²) < 4.78 is 0. The van der Waals surface area contributed by atoms with Crippen LogP contribution in [0.1, 0.15) is 26.3 Å². The fraction of sp³-hybridized carbons (Fsp3) is 0.462. The second-order valence-corrected chi connectivity index (χ2v) is 5.00. The number of nitrogens with one attached hydrogen (secondary N) is 1. The second kappa shape index (κ2) is 5.79. The zero-order valence-corrected chi connectivity index (χ0v) is 11.4. The quantitative estimate of drug-likeness (QED) is 0.629. The molecule has 6 heteroatoms. The van der Waals surface area contributed by atoms with E-state index in [1.165, 1.54) is 6.07 Å². The molecular weight excluding hydrogens is 246 g/mol. The van der Waals surface area contributed by atoms with Gasteiger partial charge in [-0.2, -0.15) is 0 Å². The molecule has 3 N–H and O–H groups in total. The monoisotopic (exact) mass is 265 g/mol. The highest BCUT2D eigenvalue weighted by Gasteiger charge is 2.26. The van der Waals surface area contributed by atoms with Crippen LogP contribution in [0, 0.1) is 15.5 Å². The van der Waals surface area contributed by atoms with Gasteiger partial charge in [-0.15, -0.1) is 0 Å². The number of anilines is 1. The van der Waals surface area contributed by atoms with Gasteiger partial charge in [0, 0.05) is 23.9 Å². The summed E-state index contributed by atoms with van der Waals surface area (Å²) in [5.41, 5.74) is 5.88. The molecular formula is C13H19N3O3. The van der Waals surface area contributed by atoms with Gasteiger partial charge in [0.15, 0.2) is 0 Å². The predicted octanol–water partition coefficient (Wildman–Crippen LogP) is 2.08. The molecule has 0 saturated carbocycles. The van der Waals surface area contributed by atoms with Gasteiger partial charge in [-0.25, -0.2) is 0 Å². The van der Waals surface area contributed by atoms with Crippen molar-refractivity contribution in [2.45, 2.75) is 27.2 Å². The van der Waals surface area contributed by atoms with Gasteiger partial charge in [-0.05, 0) is 26.3 Å². The van der Waals surface area contributed by atoms with Crippen LogP contribution in [0.5, 0.6) is 0 Å². The Bertz CT molecular complexity index is 498. The van der Waals surface area contributed by atoms with Crippen molar-refractivity contribution in [1.29, 1.82) is 0 Å². The first-order valence-electron chi connectivity index (χ1n) is 6.10. The number of hydrogen-bond donors (Lipinski definition) is 2. The molecule has 0 aliphatic heterocycles. The van der Waals surface area contributed by atoms with Crippen LogP contribution in [0.4, 0.5) is 11.4 Å². The van der Waals surface area contributed by atoms with Crippen LogP contribution in [-0.2, 0) is 11.2 Å². The van der Waals surface area contributed by atoms with Crippen LogP contribution in [0.15, 0.2) is 18.2 Å². The summed E-state index contributed by atoms with van der Waals surface area (Å²) >= 11 is 0. The number of carbonyl (C=O) groups excluding carboxylic acids is 1. The van der Waals surface area contributed by atoms with Crippen molar-refractivity contribution in [3.63, 3.8) is 0 Å². The van der Waals surface area contributed by atoms with Crippen molar-refractivity contribution in [1.82, 2.24) is 0 Å². The standard InChI is InChI=1S/C13H19N3O3/c1-4-9-5-6-10(7-11(9)16(18)19)15-12(17)13(2,3)8-14/h5-7H,4,8,14H2,1-3H3,(H,15,17). The fourth-order valence-electron chi connectivity index (χ4n) is 1.50. The number of nitrogens with zero attached hydrogens (tertiary/aromatic N) is 1. The number of hydrogen-bond acceptors (Lipinski definition) is 4. The highest BCUT2D eigenvalue weighted by atomic mass is 16.6. The lowest BCUT2D eigenvalue weighted by molar-refractivity contribution is -0.385. The van der Waals surface area contributed by atoms with Crippen molar-refractivity contribution in [3.8, 4) is 0 Å². The van der Waals surface area contributed by atoms with E-state index in [0.29, 0.717) is 17.7 Å². The molecule has 1 amide bonds. The summed E-state index contributed by atoms with van der Waals surface area (Å²) in [6, 6.07) is 4.70. The number of benzene rings is 1. The molecule has 0 aromatic heterocycles. The highest BCUT2D eigenvalue weighted by Crippen LogP contribution is 2.25. The molecule has 0 aliphatic carbocycles. The first-order chi connectivity index (χ1) is 8.81. The Labute approximate surface area is 112 Å². The molecule has 0 bridgehead atoms. The molecule has 0 unspecified atom stereocenters. The maximum absolute atomic E-state index is 11.9. The summed E-state index contributed by atoms with van der Waals surface area (Å²) in [5.74, 6) is -0.256. The van der Waals surface area contributed by atoms with Crippen LogP contribution in [0.3, 0.4) is 0 Å². The van der Waals surface area contributed by atoms with E-state index in [1.54, 1.807) is 26.0 Å². The van der Waals surface area contributed by atoms with E-state index < -0.39 is 10.3 Å². The number of nitro groups is 1. The average Bonchev–Trinajstić information content (AvgIpc) is 2.38. The van der Waals surface area contributed by atoms with Gasteiger partial charge in [0.05, 0.1) is 10.3 Å². The van der Waals surface area contributed by atoms with Crippen molar-refractivity contribution < 1.29 is 9.72 Å². The second-order valence-electron chi connectivity index (χ2n) is 5.00. The maximum atomic E-state index is 11.9. The minimum Gasteiger partial charge on any atom is -0.329 e. The third-order valence-electron chi connectivity index (χ3n) is 3.05. The van der Waals surface area contributed by atoms with E-state index in [4.69, 9.17) is 5.73 Å². The van der Waals surface area contributed by atoms with Gasteiger partial charge < -0.3 is 11.1 Å². The molecule has 0 aliphatic rings. The minimum atomic E-state index is -0.710. The Morgan fingerprint density at radius 3 is 2.58 bits per heavy atom. The third kappa shape index (κ3) is 3.51. The third-order valence-corrected chi connectivity index (χ3v) is 3.05. The molecule has 0 atom stereocenters. The molecule has 1 aromatic carbocycles. The molecule has 1 rings (SSSR count). The summed E-state index contributed by atoms with van der Waals surface area (Å²) in [6.45, 7) is 5.49. The molecule has 0 heterocycles. The van der Waals surface area contributed by atoms with Gasteiger partial charge >= 0.3 is 0 Å². The molecule has 0 fully saturated rings.